The van der Waals surface area contributed by atoms with Gasteiger partial charge in [-0.1, -0.05) is 34.1 Å². The van der Waals surface area contributed by atoms with Crippen LogP contribution in [0.15, 0.2) is 0 Å². The van der Waals surface area contributed by atoms with E-state index in [1.165, 1.54) is 12.8 Å². The summed E-state index contributed by atoms with van der Waals surface area (Å²) in [5.41, 5.74) is 0.210. The molecule has 0 aromatic heterocycles. The third-order valence-electron chi connectivity index (χ3n) is 7.22. The average molecular weight is 385 g/mol. The lowest BCUT2D eigenvalue weighted by Crippen LogP contribution is -2.44. The largest absolute Gasteiger partial charge is 0.416 e. The van der Waals surface area contributed by atoms with Crippen LogP contribution in [0.2, 0.25) is 18.1 Å². The summed E-state index contributed by atoms with van der Waals surface area (Å²) in [5, 5.41) is 0.227. The average Bonchev–Trinajstić information content (AvgIpc) is 3.17. The molecule has 2 saturated carbocycles. The van der Waals surface area contributed by atoms with Crippen molar-refractivity contribution in [2.45, 2.75) is 109 Å². The SMILES string of the molecule is CCCCO[C@@H]1[C@H]2OC(C)(C)OC2[C@@H](CO[Si](C)(C)C(C)(C)C)C12CC2. The first-order valence-corrected chi connectivity index (χ1v) is 13.5. The molecular weight excluding hydrogens is 344 g/mol. The summed E-state index contributed by atoms with van der Waals surface area (Å²) in [7, 11) is -1.78. The molecule has 0 bridgehead atoms. The van der Waals surface area contributed by atoms with Crippen molar-refractivity contribution in [2.24, 2.45) is 11.3 Å². The molecule has 0 radical (unpaired) electrons. The lowest BCUT2D eigenvalue weighted by atomic mass is 9.91. The molecule has 4 nitrogen and oxygen atoms in total. The minimum atomic E-state index is -1.78. The molecular formula is C21H40O4Si. The summed E-state index contributed by atoms with van der Waals surface area (Å²) < 4.78 is 25.8. The van der Waals surface area contributed by atoms with Crippen LogP contribution in [-0.4, -0.2) is 45.6 Å². The molecule has 1 saturated heterocycles. The van der Waals surface area contributed by atoms with Gasteiger partial charge in [0.2, 0.25) is 0 Å². The van der Waals surface area contributed by atoms with Crippen molar-refractivity contribution in [1.82, 2.24) is 0 Å². The molecule has 1 aliphatic heterocycles. The Hall–Kier alpha value is 0.0569. The summed E-state index contributed by atoms with van der Waals surface area (Å²) in [6.07, 6.45) is 5.02. The van der Waals surface area contributed by atoms with Crippen LogP contribution in [-0.2, 0) is 18.6 Å². The minimum absolute atomic E-state index is 0.0531. The highest BCUT2D eigenvalue weighted by molar-refractivity contribution is 6.74. The van der Waals surface area contributed by atoms with Gasteiger partial charge in [0.15, 0.2) is 14.1 Å². The third-order valence-corrected chi connectivity index (χ3v) is 11.7. The predicted octanol–water partition coefficient (Wildman–Crippen LogP) is 5.12. The molecule has 1 heterocycles. The van der Waals surface area contributed by atoms with Crippen molar-refractivity contribution in [3.05, 3.63) is 0 Å². The first-order chi connectivity index (χ1) is 11.9. The summed E-state index contributed by atoms with van der Waals surface area (Å²) in [6, 6.07) is 0. The minimum Gasteiger partial charge on any atom is -0.416 e. The maximum Gasteiger partial charge on any atom is 0.191 e. The van der Waals surface area contributed by atoms with Crippen LogP contribution >= 0.6 is 0 Å². The van der Waals surface area contributed by atoms with E-state index in [1.807, 2.05) is 13.8 Å². The number of unbranched alkanes of at least 4 members (excludes halogenated alkanes) is 1. The molecule has 0 amide bonds. The summed E-state index contributed by atoms with van der Waals surface area (Å²) in [5.74, 6) is -0.136. The second-order valence-corrected chi connectivity index (χ2v) is 15.4. The van der Waals surface area contributed by atoms with Crippen LogP contribution in [0.1, 0.15) is 67.2 Å². The van der Waals surface area contributed by atoms with Crippen molar-refractivity contribution >= 4 is 8.32 Å². The zero-order valence-electron chi connectivity index (χ0n) is 18.2. The van der Waals surface area contributed by atoms with E-state index in [-0.39, 0.29) is 28.8 Å². The topological polar surface area (TPSA) is 36.9 Å². The van der Waals surface area contributed by atoms with Gasteiger partial charge in [-0.2, -0.15) is 0 Å². The van der Waals surface area contributed by atoms with Gasteiger partial charge >= 0.3 is 0 Å². The first-order valence-electron chi connectivity index (χ1n) is 10.5. The van der Waals surface area contributed by atoms with Gasteiger partial charge in [-0.05, 0) is 51.2 Å². The maximum atomic E-state index is 6.65. The Bertz CT molecular complexity index is 507. The first kappa shape index (κ1) is 20.8. The van der Waals surface area contributed by atoms with Crippen LogP contribution < -0.4 is 0 Å². The lowest BCUT2D eigenvalue weighted by molar-refractivity contribution is -0.184. The highest BCUT2D eigenvalue weighted by atomic mass is 28.4. The van der Waals surface area contributed by atoms with Gasteiger partial charge in [-0.3, -0.25) is 0 Å². The van der Waals surface area contributed by atoms with Crippen LogP contribution in [0, 0.1) is 11.3 Å². The Morgan fingerprint density at radius 1 is 1.08 bits per heavy atom. The molecule has 152 valence electrons. The normalized spacial score (nSPS) is 35.1. The Morgan fingerprint density at radius 2 is 1.69 bits per heavy atom. The fourth-order valence-electron chi connectivity index (χ4n) is 4.42. The van der Waals surface area contributed by atoms with Crippen LogP contribution in [0.5, 0.6) is 0 Å². The van der Waals surface area contributed by atoms with Gasteiger partial charge in [-0.15, -0.1) is 0 Å². The quantitative estimate of drug-likeness (QED) is 0.451. The zero-order chi connectivity index (χ0) is 19.4. The Kier molecular flexibility index (Phi) is 5.46. The maximum absolute atomic E-state index is 6.65. The number of ether oxygens (including phenoxy) is 3. The molecule has 1 spiro atoms. The second kappa shape index (κ2) is 6.84. The summed E-state index contributed by atoms with van der Waals surface area (Å²) in [4.78, 5) is 0. The highest BCUT2D eigenvalue weighted by Crippen LogP contribution is 2.65. The predicted molar refractivity (Wildman–Crippen MR) is 107 cm³/mol. The van der Waals surface area contributed by atoms with Crippen LogP contribution in [0.4, 0.5) is 0 Å². The molecule has 26 heavy (non-hydrogen) atoms. The van der Waals surface area contributed by atoms with Gasteiger partial charge in [-0.25, -0.2) is 0 Å². The smallest absolute Gasteiger partial charge is 0.191 e. The molecule has 1 unspecified atom stereocenters. The summed E-state index contributed by atoms with van der Waals surface area (Å²) in [6.45, 7) is 19.5. The molecule has 3 aliphatic rings. The molecule has 2 aliphatic carbocycles. The van der Waals surface area contributed by atoms with E-state index in [0.717, 1.165) is 26.1 Å². The standard InChI is InChI=1S/C21H40O4Si/c1-9-10-13-22-18-17-16(24-20(5,6)25-17)15(21(18)11-12-21)14-23-26(7,8)19(2,3)4/h15-18H,9-14H2,1-8H3/t15-,16?,17+,18-/m1/s1. The second-order valence-electron chi connectivity index (χ2n) is 10.6. The summed E-state index contributed by atoms with van der Waals surface area (Å²) >= 11 is 0. The van der Waals surface area contributed by atoms with Crippen LogP contribution in [0.3, 0.4) is 0 Å². The monoisotopic (exact) mass is 384 g/mol. The molecule has 0 aromatic rings. The molecule has 0 aromatic carbocycles. The van der Waals surface area contributed by atoms with E-state index >= 15 is 0 Å². The van der Waals surface area contributed by atoms with Gasteiger partial charge < -0.3 is 18.6 Å². The van der Waals surface area contributed by atoms with Crippen LogP contribution in [0.25, 0.3) is 0 Å². The van der Waals surface area contributed by atoms with Crippen molar-refractivity contribution in [1.29, 1.82) is 0 Å². The van der Waals surface area contributed by atoms with Gasteiger partial charge in [0.05, 0.1) is 12.2 Å². The van der Waals surface area contributed by atoms with Gasteiger partial charge in [0.1, 0.15) is 6.10 Å². The van der Waals surface area contributed by atoms with E-state index in [0.29, 0.717) is 5.92 Å². The Labute approximate surface area is 161 Å². The number of fused-ring (bicyclic) bond motifs is 1. The fourth-order valence-corrected chi connectivity index (χ4v) is 5.45. The fraction of sp³-hybridized carbons (Fsp3) is 1.00. The van der Waals surface area contributed by atoms with E-state index in [1.54, 1.807) is 0 Å². The van der Waals surface area contributed by atoms with Gasteiger partial charge in [0, 0.05) is 24.5 Å². The van der Waals surface area contributed by atoms with E-state index in [9.17, 15) is 0 Å². The number of hydrogen-bond acceptors (Lipinski definition) is 4. The van der Waals surface area contributed by atoms with Gasteiger partial charge in [0.25, 0.3) is 0 Å². The Balaban J connectivity index is 1.76. The molecule has 5 heteroatoms. The van der Waals surface area contributed by atoms with Crippen molar-refractivity contribution in [2.75, 3.05) is 13.2 Å². The van der Waals surface area contributed by atoms with Crippen molar-refractivity contribution < 1.29 is 18.6 Å². The molecule has 3 rings (SSSR count). The Morgan fingerprint density at radius 3 is 2.23 bits per heavy atom. The highest BCUT2D eigenvalue weighted by Gasteiger charge is 2.71. The van der Waals surface area contributed by atoms with E-state index < -0.39 is 14.1 Å². The van der Waals surface area contributed by atoms with E-state index in [2.05, 4.69) is 40.8 Å². The third kappa shape index (κ3) is 3.67. The zero-order valence-corrected chi connectivity index (χ0v) is 19.2. The van der Waals surface area contributed by atoms with Crippen molar-refractivity contribution in [3.63, 3.8) is 0 Å². The molecule has 3 fully saturated rings. The number of hydrogen-bond donors (Lipinski definition) is 0. The van der Waals surface area contributed by atoms with Crippen molar-refractivity contribution in [3.8, 4) is 0 Å². The lowest BCUT2D eigenvalue weighted by Gasteiger charge is -2.38. The molecule has 0 N–H and O–H groups in total. The number of rotatable bonds is 7. The molecule has 4 atom stereocenters. The van der Waals surface area contributed by atoms with E-state index in [4.69, 9.17) is 18.6 Å².